The van der Waals surface area contributed by atoms with E-state index in [1.54, 1.807) is 0 Å². The molecule has 3 heteroatoms. The molecule has 0 spiro atoms. The van der Waals surface area contributed by atoms with Crippen molar-refractivity contribution < 1.29 is 9.47 Å². The summed E-state index contributed by atoms with van der Waals surface area (Å²) in [5, 5.41) is 0. The first-order chi connectivity index (χ1) is 7.42. The Morgan fingerprint density at radius 1 is 1.25 bits per heavy atom. The molecule has 0 aromatic heterocycles. The van der Waals surface area contributed by atoms with Crippen LogP contribution in [0.1, 0.15) is 33.3 Å². The third-order valence-electron chi connectivity index (χ3n) is 2.05. The Morgan fingerprint density at radius 2 is 1.94 bits per heavy atom. The molecule has 0 aliphatic carbocycles. The predicted octanol–water partition coefficient (Wildman–Crippen LogP) is 2.98. The van der Waals surface area contributed by atoms with Crippen molar-refractivity contribution >= 4 is 5.69 Å². The van der Waals surface area contributed by atoms with Crippen molar-refractivity contribution in [3.05, 3.63) is 23.8 Å². The smallest absolute Gasteiger partial charge is 0.124 e. The van der Waals surface area contributed by atoms with Crippen LogP contribution in [0.15, 0.2) is 18.2 Å². The molecule has 16 heavy (non-hydrogen) atoms. The molecule has 90 valence electrons. The lowest BCUT2D eigenvalue weighted by Crippen LogP contribution is -2.19. The van der Waals surface area contributed by atoms with Gasteiger partial charge in [-0.15, -0.1) is 0 Å². The minimum absolute atomic E-state index is 0.159. The quantitative estimate of drug-likeness (QED) is 0.798. The Hall–Kier alpha value is -1.22. The van der Waals surface area contributed by atoms with Crippen molar-refractivity contribution in [2.75, 3.05) is 12.3 Å². The summed E-state index contributed by atoms with van der Waals surface area (Å²) >= 11 is 0. The minimum atomic E-state index is -0.159. The molecule has 0 aliphatic heterocycles. The fourth-order valence-corrected chi connectivity index (χ4v) is 1.30. The molecule has 0 bridgehead atoms. The SMILES string of the molecule is CCOc1ccc(N)cc1COC(C)(C)C. The molecule has 0 amide bonds. The van der Waals surface area contributed by atoms with Crippen molar-refractivity contribution in [2.45, 2.75) is 39.9 Å². The van der Waals surface area contributed by atoms with Crippen molar-refractivity contribution in [3.63, 3.8) is 0 Å². The molecule has 0 unspecified atom stereocenters. The van der Waals surface area contributed by atoms with Gasteiger partial charge in [0, 0.05) is 11.3 Å². The van der Waals surface area contributed by atoms with E-state index in [0.29, 0.717) is 13.2 Å². The second kappa shape index (κ2) is 5.21. The number of hydrogen-bond donors (Lipinski definition) is 1. The van der Waals surface area contributed by atoms with E-state index >= 15 is 0 Å². The maximum Gasteiger partial charge on any atom is 0.124 e. The lowest BCUT2D eigenvalue weighted by Gasteiger charge is -2.20. The van der Waals surface area contributed by atoms with E-state index in [9.17, 15) is 0 Å². The Kier molecular flexibility index (Phi) is 4.19. The molecule has 0 heterocycles. The van der Waals surface area contributed by atoms with Gasteiger partial charge in [0.05, 0.1) is 18.8 Å². The predicted molar refractivity (Wildman–Crippen MR) is 66.6 cm³/mol. The molecular weight excluding hydrogens is 202 g/mol. The van der Waals surface area contributed by atoms with Crippen LogP contribution in [-0.2, 0) is 11.3 Å². The molecule has 0 aliphatic rings. The molecule has 0 saturated carbocycles. The van der Waals surface area contributed by atoms with Gasteiger partial charge in [0.1, 0.15) is 5.75 Å². The van der Waals surface area contributed by atoms with Gasteiger partial charge in [-0.2, -0.15) is 0 Å². The average Bonchev–Trinajstić information content (AvgIpc) is 2.17. The van der Waals surface area contributed by atoms with Crippen LogP contribution in [0.25, 0.3) is 0 Å². The van der Waals surface area contributed by atoms with Crippen LogP contribution < -0.4 is 10.5 Å². The Morgan fingerprint density at radius 3 is 2.50 bits per heavy atom. The van der Waals surface area contributed by atoms with Crippen molar-refractivity contribution in [1.82, 2.24) is 0 Å². The third-order valence-corrected chi connectivity index (χ3v) is 2.05. The Labute approximate surface area is 97.6 Å². The maximum atomic E-state index is 5.75. The summed E-state index contributed by atoms with van der Waals surface area (Å²) in [4.78, 5) is 0. The zero-order valence-electron chi connectivity index (χ0n) is 10.5. The summed E-state index contributed by atoms with van der Waals surface area (Å²) in [6, 6.07) is 5.63. The molecular formula is C13H21NO2. The van der Waals surface area contributed by atoms with Crippen LogP contribution in [0.2, 0.25) is 0 Å². The zero-order valence-corrected chi connectivity index (χ0v) is 10.5. The topological polar surface area (TPSA) is 44.5 Å². The molecule has 0 atom stereocenters. The summed E-state index contributed by atoms with van der Waals surface area (Å²) in [6.45, 7) is 9.21. The van der Waals surface area contributed by atoms with E-state index in [2.05, 4.69) is 0 Å². The number of hydrogen-bond acceptors (Lipinski definition) is 3. The van der Waals surface area contributed by atoms with Gasteiger partial charge in [-0.25, -0.2) is 0 Å². The van der Waals surface area contributed by atoms with Gasteiger partial charge < -0.3 is 15.2 Å². The lowest BCUT2D eigenvalue weighted by atomic mass is 10.1. The lowest BCUT2D eigenvalue weighted by molar-refractivity contribution is -0.0157. The van der Waals surface area contributed by atoms with E-state index in [4.69, 9.17) is 15.2 Å². The zero-order chi connectivity index (χ0) is 12.2. The molecule has 1 rings (SSSR count). The van der Waals surface area contributed by atoms with Gasteiger partial charge in [-0.3, -0.25) is 0 Å². The van der Waals surface area contributed by atoms with E-state index in [-0.39, 0.29) is 5.60 Å². The van der Waals surface area contributed by atoms with Crippen molar-refractivity contribution in [3.8, 4) is 5.75 Å². The van der Waals surface area contributed by atoms with Crippen LogP contribution in [0, 0.1) is 0 Å². The van der Waals surface area contributed by atoms with Crippen LogP contribution in [-0.4, -0.2) is 12.2 Å². The fraction of sp³-hybridized carbons (Fsp3) is 0.538. The van der Waals surface area contributed by atoms with Crippen molar-refractivity contribution in [2.24, 2.45) is 0 Å². The van der Waals surface area contributed by atoms with Gasteiger partial charge in [0.2, 0.25) is 0 Å². The highest BCUT2D eigenvalue weighted by Crippen LogP contribution is 2.24. The number of benzene rings is 1. The Bertz CT molecular complexity index is 342. The average molecular weight is 223 g/mol. The van der Waals surface area contributed by atoms with Gasteiger partial charge in [0.25, 0.3) is 0 Å². The van der Waals surface area contributed by atoms with Crippen LogP contribution in [0.3, 0.4) is 0 Å². The highest BCUT2D eigenvalue weighted by molar-refractivity contribution is 5.47. The third kappa shape index (κ3) is 4.11. The second-order valence-electron chi connectivity index (χ2n) is 4.70. The first-order valence-electron chi connectivity index (χ1n) is 5.57. The molecule has 1 aromatic carbocycles. The minimum Gasteiger partial charge on any atom is -0.494 e. The maximum absolute atomic E-state index is 5.75. The van der Waals surface area contributed by atoms with Gasteiger partial charge in [0.15, 0.2) is 0 Å². The fourth-order valence-electron chi connectivity index (χ4n) is 1.30. The van der Waals surface area contributed by atoms with Crippen LogP contribution >= 0.6 is 0 Å². The van der Waals surface area contributed by atoms with Crippen molar-refractivity contribution in [1.29, 1.82) is 0 Å². The first-order valence-corrected chi connectivity index (χ1v) is 5.57. The van der Waals surface area contributed by atoms with Gasteiger partial charge >= 0.3 is 0 Å². The standard InChI is InChI=1S/C13H21NO2/c1-5-15-12-7-6-11(14)8-10(12)9-16-13(2,3)4/h6-8H,5,9,14H2,1-4H3. The highest BCUT2D eigenvalue weighted by Gasteiger charge is 2.12. The largest absolute Gasteiger partial charge is 0.494 e. The second-order valence-corrected chi connectivity index (χ2v) is 4.70. The summed E-state index contributed by atoms with van der Waals surface area (Å²) < 4.78 is 11.2. The highest BCUT2D eigenvalue weighted by atomic mass is 16.5. The first kappa shape index (κ1) is 12.8. The number of nitrogen functional groups attached to an aromatic ring is 1. The van der Waals surface area contributed by atoms with Crippen LogP contribution in [0.5, 0.6) is 5.75 Å². The number of ether oxygens (including phenoxy) is 2. The monoisotopic (exact) mass is 223 g/mol. The normalized spacial score (nSPS) is 11.5. The van der Waals surface area contributed by atoms with Gasteiger partial charge in [-0.05, 0) is 45.9 Å². The summed E-state index contributed by atoms with van der Waals surface area (Å²) in [5.74, 6) is 0.848. The van der Waals surface area contributed by atoms with E-state index in [1.807, 2.05) is 45.9 Å². The molecule has 3 nitrogen and oxygen atoms in total. The Balaban J connectivity index is 2.79. The molecule has 0 fully saturated rings. The molecule has 0 saturated heterocycles. The van der Waals surface area contributed by atoms with Gasteiger partial charge in [-0.1, -0.05) is 0 Å². The van der Waals surface area contributed by atoms with E-state index in [1.165, 1.54) is 0 Å². The number of rotatable bonds is 4. The van der Waals surface area contributed by atoms with E-state index < -0.39 is 0 Å². The summed E-state index contributed by atoms with van der Waals surface area (Å²) in [5.41, 5.74) is 7.32. The van der Waals surface area contributed by atoms with E-state index in [0.717, 1.165) is 17.0 Å². The molecule has 0 radical (unpaired) electrons. The number of anilines is 1. The summed E-state index contributed by atoms with van der Waals surface area (Å²) in [7, 11) is 0. The molecule has 2 N–H and O–H groups in total. The molecule has 1 aromatic rings. The summed E-state index contributed by atoms with van der Waals surface area (Å²) in [6.07, 6.45) is 0. The number of nitrogens with two attached hydrogens (primary N) is 1. The van der Waals surface area contributed by atoms with Crippen LogP contribution in [0.4, 0.5) is 5.69 Å².